The largest absolute Gasteiger partial charge is 0.399 e. The van der Waals surface area contributed by atoms with Crippen molar-refractivity contribution in [2.75, 3.05) is 5.73 Å². The zero-order valence-corrected chi connectivity index (χ0v) is 13.1. The molecule has 1 aliphatic carbocycles. The number of rotatable bonds is 2. The summed E-state index contributed by atoms with van der Waals surface area (Å²) in [5, 5.41) is 8.79. The zero-order valence-electron chi connectivity index (χ0n) is 13.1. The molecule has 0 saturated heterocycles. The summed E-state index contributed by atoms with van der Waals surface area (Å²) in [4.78, 5) is 0. The van der Waals surface area contributed by atoms with Gasteiger partial charge in [-0.2, -0.15) is 0 Å². The topological polar surface area (TPSA) is 56.7 Å². The van der Waals surface area contributed by atoms with Crippen LogP contribution in [0.1, 0.15) is 44.1 Å². The first-order valence-corrected chi connectivity index (χ1v) is 7.69. The van der Waals surface area contributed by atoms with Gasteiger partial charge in [0.2, 0.25) is 0 Å². The number of hydrogen-bond acceptors (Lipinski definition) is 3. The van der Waals surface area contributed by atoms with Crippen molar-refractivity contribution in [3.63, 3.8) is 0 Å². The van der Waals surface area contributed by atoms with E-state index in [9.17, 15) is 0 Å². The zero-order chi connectivity index (χ0) is 15.0. The van der Waals surface area contributed by atoms with E-state index >= 15 is 0 Å². The van der Waals surface area contributed by atoms with Crippen LogP contribution in [0.4, 0.5) is 5.69 Å². The fraction of sp³-hybridized carbons (Fsp3) is 0.529. The van der Waals surface area contributed by atoms with E-state index in [1.54, 1.807) is 0 Å². The second kappa shape index (κ2) is 5.17. The Morgan fingerprint density at radius 3 is 2.62 bits per heavy atom. The van der Waals surface area contributed by atoms with E-state index in [2.05, 4.69) is 47.9 Å². The quantitative estimate of drug-likeness (QED) is 0.862. The number of hydrogen-bond donors (Lipinski definition) is 1. The van der Waals surface area contributed by atoms with Gasteiger partial charge in [-0.1, -0.05) is 38.1 Å². The van der Waals surface area contributed by atoms with Crippen LogP contribution in [0.3, 0.4) is 0 Å². The van der Waals surface area contributed by atoms with Gasteiger partial charge in [0.1, 0.15) is 0 Å². The van der Waals surface area contributed by atoms with Crippen molar-refractivity contribution in [3.05, 3.63) is 41.2 Å². The molecule has 4 nitrogen and oxygen atoms in total. The van der Waals surface area contributed by atoms with Gasteiger partial charge in [-0.3, -0.25) is 0 Å². The summed E-state index contributed by atoms with van der Waals surface area (Å²) < 4.78 is 2.06. The second-order valence-electron chi connectivity index (χ2n) is 7.19. The van der Waals surface area contributed by atoms with Gasteiger partial charge in [0.25, 0.3) is 0 Å². The highest BCUT2D eigenvalue weighted by molar-refractivity contribution is 5.39. The van der Waals surface area contributed by atoms with Crippen LogP contribution in [0.25, 0.3) is 0 Å². The van der Waals surface area contributed by atoms with Gasteiger partial charge in [-0.25, -0.2) is 4.68 Å². The van der Waals surface area contributed by atoms with E-state index in [1.807, 2.05) is 12.1 Å². The molecule has 1 aromatic carbocycles. The Kier molecular flexibility index (Phi) is 3.47. The maximum absolute atomic E-state index is 5.73. The molecule has 0 amide bonds. The Hall–Kier alpha value is -1.84. The molecule has 3 rings (SSSR count). The Labute approximate surface area is 126 Å². The summed E-state index contributed by atoms with van der Waals surface area (Å²) in [5.41, 5.74) is 10.6. The third-order valence-electron chi connectivity index (χ3n) is 4.62. The number of benzene rings is 1. The van der Waals surface area contributed by atoms with Crippen molar-refractivity contribution < 1.29 is 0 Å². The average Bonchev–Trinajstić information content (AvgIpc) is 2.83. The van der Waals surface area contributed by atoms with Crippen molar-refractivity contribution in [1.29, 1.82) is 0 Å². The molecule has 0 fully saturated rings. The molecular weight excluding hydrogens is 260 g/mol. The van der Waals surface area contributed by atoms with Gasteiger partial charge in [-0.15, -0.1) is 5.10 Å². The minimum absolute atomic E-state index is 0.346. The molecule has 2 N–H and O–H groups in total. The Balaban J connectivity index is 1.79. The van der Waals surface area contributed by atoms with Gasteiger partial charge in [-0.05, 0) is 48.3 Å². The highest BCUT2D eigenvalue weighted by Gasteiger charge is 2.31. The molecule has 0 radical (unpaired) electrons. The van der Waals surface area contributed by atoms with Crippen LogP contribution < -0.4 is 5.73 Å². The molecule has 112 valence electrons. The maximum Gasteiger partial charge on any atom is 0.0862 e. The lowest BCUT2D eigenvalue weighted by atomic mass is 9.73. The number of anilines is 1. The number of nitrogens with zero attached hydrogens (tertiary/aromatic N) is 3. The van der Waals surface area contributed by atoms with E-state index in [0.29, 0.717) is 11.3 Å². The van der Waals surface area contributed by atoms with Gasteiger partial charge >= 0.3 is 0 Å². The third kappa shape index (κ3) is 2.94. The molecule has 0 spiro atoms. The summed E-state index contributed by atoms with van der Waals surface area (Å²) in [5.74, 6) is 0.701. The predicted octanol–water partition coefficient (Wildman–Crippen LogP) is 3.06. The fourth-order valence-electron chi connectivity index (χ4n) is 3.11. The Bertz CT molecular complexity index is 619. The van der Waals surface area contributed by atoms with Gasteiger partial charge in [0, 0.05) is 5.69 Å². The van der Waals surface area contributed by atoms with Gasteiger partial charge in [0.15, 0.2) is 0 Å². The molecule has 1 aliphatic rings. The molecular formula is C17H24N4. The standard InChI is InChI=1S/C17H24N4/c1-17(2,3)13-6-9-16-15(10-13)19-20-21(16)11-12-4-7-14(18)8-5-12/h4-5,7-8,13H,6,9-11,18H2,1-3H3. The molecule has 21 heavy (non-hydrogen) atoms. The smallest absolute Gasteiger partial charge is 0.0862 e. The van der Waals surface area contributed by atoms with Crippen molar-refractivity contribution in [2.24, 2.45) is 11.3 Å². The minimum atomic E-state index is 0.346. The van der Waals surface area contributed by atoms with E-state index in [-0.39, 0.29) is 0 Å². The maximum atomic E-state index is 5.73. The molecule has 1 aromatic heterocycles. The van der Waals surface area contributed by atoms with Crippen LogP contribution in [0.5, 0.6) is 0 Å². The summed E-state index contributed by atoms with van der Waals surface area (Å²) in [6, 6.07) is 8.00. The molecule has 2 aromatic rings. The normalized spacial score (nSPS) is 18.5. The SMILES string of the molecule is CC(C)(C)C1CCc2c(nnn2Cc2ccc(N)cc2)C1. The monoisotopic (exact) mass is 284 g/mol. The first kappa shape index (κ1) is 14.1. The summed E-state index contributed by atoms with van der Waals surface area (Å²) in [6.07, 6.45) is 3.37. The van der Waals surface area contributed by atoms with Crippen molar-refractivity contribution in [1.82, 2.24) is 15.0 Å². The fourth-order valence-corrected chi connectivity index (χ4v) is 3.11. The lowest BCUT2D eigenvalue weighted by molar-refractivity contribution is 0.213. The molecule has 1 heterocycles. The van der Waals surface area contributed by atoms with Gasteiger partial charge < -0.3 is 5.73 Å². The van der Waals surface area contributed by atoms with E-state index in [4.69, 9.17) is 5.73 Å². The first-order valence-electron chi connectivity index (χ1n) is 7.69. The van der Waals surface area contributed by atoms with Crippen LogP contribution in [0.2, 0.25) is 0 Å². The molecule has 4 heteroatoms. The van der Waals surface area contributed by atoms with E-state index < -0.39 is 0 Å². The molecule has 0 aliphatic heterocycles. The van der Waals surface area contributed by atoms with Crippen molar-refractivity contribution in [2.45, 2.75) is 46.6 Å². The molecule has 1 unspecified atom stereocenters. The highest BCUT2D eigenvalue weighted by Crippen LogP contribution is 2.36. The Morgan fingerprint density at radius 1 is 1.24 bits per heavy atom. The Morgan fingerprint density at radius 2 is 1.95 bits per heavy atom. The number of aromatic nitrogens is 3. The number of fused-ring (bicyclic) bond motifs is 1. The second-order valence-corrected chi connectivity index (χ2v) is 7.19. The van der Waals surface area contributed by atoms with Crippen molar-refractivity contribution in [3.8, 4) is 0 Å². The van der Waals surface area contributed by atoms with Crippen LogP contribution >= 0.6 is 0 Å². The number of nitrogens with two attached hydrogens (primary N) is 1. The van der Waals surface area contributed by atoms with Crippen LogP contribution in [0, 0.1) is 11.3 Å². The highest BCUT2D eigenvalue weighted by atomic mass is 15.4. The summed E-state index contributed by atoms with van der Waals surface area (Å²) >= 11 is 0. The lowest BCUT2D eigenvalue weighted by Crippen LogP contribution is -2.27. The summed E-state index contributed by atoms with van der Waals surface area (Å²) in [6.45, 7) is 7.74. The minimum Gasteiger partial charge on any atom is -0.399 e. The van der Waals surface area contributed by atoms with Gasteiger partial charge in [0.05, 0.1) is 17.9 Å². The predicted molar refractivity (Wildman–Crippen MR) is 84.9 cm³/mol. The molecule has 0 saturated carbocycles. The number of nitrogen functional groups attached to an aromatic ring is 1. The average molecular weight is 284 g/mol. The molecule has 1 atom stereocenters. The summed E-state index contributed by atoms with van der Waals surface area (Å²) in [7, 11) is 0. The first-order chi connectivity index (χ1) is 9.93. The van der Waals surface area contributed by atoms with Crippen LogP contribution in [0.15, 0.2) is 24.3 Å². The van der Waals surface area contributed by atoms with Crippen molar-refractivity contribution >= 4 is 5.69 Å². The van der Waals surface area contributed by atoms with Crippen LogP contribution in [-0.2, 0) is 19.4 Å². The molecule has 0 bridgehead atoms. The third-order valence-corrected chi connectivity index (χ3v) is 4.62. The van der Waals surface area contributed by atoms with E-state index in [1.165, 1.54) is 23.4 Å². The van der Waals surface area contributed by atoms with Crippen LogP contribution in [-0.4, -0.2) is 15.0 Å². The van der Waals surface area contributed by atoms with E-state index in [0.717, 1.165) is 25.1 Å². The lowest BCUT2D eigenvalue weighted by Gasteiger charge is -2.33.